The van der Waals surface area contributed by atoms with Crippen LogP contribution < -0.4 is 31.8 Å². The number of hydrogen-bond acceptors (Lipinski definition) is 0. The molecule has 2 heteroatoms. The quantitative estimate of drug-likeness (QED) is 0.130. The van der Waals surface area contributed by atoms with Gasteiger partial charge in [-0.25, -0.2) is 0 Å². The minimum absolute atomic E-state index is 0.486. The number of hydrogen-bond donors (Lipinski definition) is 0. The molecule has 0 spiro atoms. The summed E-state index contributed by atoms with van der Waals surface area (Å²) in [5.41, 5.74) is 0. The van der Waals surface area contributed by atoms with Crippen LogP contribution in [0.1, 0.15) is 13.8 Å². The lowest BCUT2D eigenvalue weighted by Crippen LogP contribution is -2.39. The second-order valence-electron chi connectivity index (χ2n) is 12.0. The Morgan fingerprint density at radius 2 is 0.455 bits per heavy atom. The molecule has 0 unspecified atom stereocenters. The zero-order chi connectivity index (χ0) is 30.2. The maximum Gasteiger partial charge on any atom is 0.112 e. The van der Waals surface area contributed by atoms with E-state index >= 15 is 0 Å². The van der Waals surface area contributed by atoms with Crippen molar-refractivity contribution >= 4 is 46.4 Å². The standard InChI is InChI=1S/C42H42P2/c1-35(33-43(37-21-9-3-10-22-37,38-23-11-4-12-24-38)39-25-13-5-14-26-39)36(2)34-44(40-27-15-6-16-28-40,41-29-17-7-18-30-41)42-31-19-8-20-32-42/h3-32,35-36H,33-34H2,1-2H3/q+2/t35-,36-/m1/s1. The molecular weight excluding hydrogens is 566 g/mol. The highest BCUT2D eigenvalue weighted by atomic mass is 31.2. The van der Waals surface area contributed by atoms with Crippen molar-refractivity contribution in [3.05, 3.63) is 182 Å². The molecule has 2 atom stereocenters. The van der Waals surface area contributed by atoms with Crippen molar-refractivity contribution in [1.29, 1.82) is 0 Å². The summed E-state index contributed by atoms with van der Waals surface area (Å²) >= 11 is 0. The topological polar surface area (TPSA) is 0 Å². The van der Waals surface area contributed by atoms with Crippen molar-refractivity contribution in [2.75, 3.05) is 12.3 Å². The van der Waals surface area contributed by atoms with E-state index in [1.807, 2.05) is 0 Å². The molecule has 0 aliphatic heterocycles. The van der Waals surface area contributed by atoms with Gasteiger partial charge in [-0.15, -0.1) is 0 Å². The van der Waals surface area contributed by atoms with Gasteiger partial charge in [0, 0.05) is 0 Å². The molecule has 44 heavy (non-hydrogen) atoms. The Morgan fingerprint density at radius 1 is 0.295 bits per heavy atom. The third-order valence-corrected chi connectivity index (χ3v) is 18.6. The number of rotatable bonds is 11. The van der Waals surface area contributed by atoms with Crippen LogP contribution in [-0.4, -0.2) is 12.3 Å². The molecule has 0 aliphatic rings. The zero-order valence-corrected chi connectivity index (χ0v) is 27.6. The lowest BCUT2D eigenvalue weighted by molar-refractivity contribution is 0.468. The molecule has 0 heterocycles. The lowest BCUT2D eigenvalue weighted by Gasteiger charge is -2.35. The van der Waals surface area contributed by atoms with E-state index in [0.29, 0.717) is 11.8 Å². The SMILES string of the molecule is C[C@H](C[P+](c1ccccc1)(c1ccccc1)c1ccccc1)[C@H](C)C[P+](c1ccccc1)(c1ccccc1)c1ccccc1. The van der Waals surface area contributed by atoms with Crippen molar-refractivity contribution < 1.29 is 0 Å². The summed E-state index contributed by atoms with van der Waals surface area (Å²) in [6.07, 6.45) is 2.26. The summed E-state index contributed by atoms with van der Waals surface area (Å²) < 4.78 is 0. The smallest absolute Gasteiger partial charge is 0.0620 e. The van der Waals surface area contributed by atoms with Crippen LogP contribution in [-0.2, 0) is 0 Å². The van der Waals surface area contributed by atoms with E-state index in [-0.39, 0.29) is 0 Å². The summed E-state index contributed by atoms with van der Waals surface area (Å²) in [4.78, 5) is 0. The Bertz CT molecular complexity index is 1380. The molecule has 0 N–H and O–H groups in total. The van der Waals surface area contributed by atoms with Crippen LogP contribution in [0.2, 0.25) is 0 Å². The predicted molar refractivity (Wildman–Crippen MR) is 198 cm³/mol. The van der Waals surface area contributed by atoms with Crippen LogP contribution in [0.4, 0.5) is 0 Å². The van der Waals surface area contributed by atoms with Gasteiger partial charge in [0.25, 0.3) is 0 Å². The lowest BCUT2D eigenvalue weighted by atomic mass is 10.0. The van der Waals surface area contributed by atoms with Crippen LogP contribution in [0.5, 0.6) is 0 Å². The molecule has 0 radical (unpaired) electrons. The summed E-state index contributed by atoms with van der Waals surface area (Å²) in [7, 11) is -3.86. The summed E-state index contributed by atoms with van der Waals surface area (Å²) in [6, 6.07) is 68.1. The molecule has 218 valence electrons. The van der Waals surface area contributed by atoms with Crippen LogP contribution in [0.3, 0.4) is 0 Å². The predicted octanol–water partition coefficient (Wildman–Crippen LogP) is 8.25. The highest BCUT2D eigenvalue weighted by molar-refractivity contribution is 7.96. The first-order valence-corrected chi connectivity index (χ1v) is 19.7. The fourth-order valence-corrected chi connectivity index (χ4v) is 16.4. The van der Waals surface area contributed by atoms with E-state index in [9.17, 15) is 0 Å². The Morgan fingerprint density at radius 3 is 0.614 bits per heavy atom. The molecule has 6 rings (SSSR count). The molecule has 0 saturated carbocycles. The van der Waals surface area contributed by atoms with E-state index < -0.39 is 14.5 Å². The van der Waals surface area contributed by atoms with Crippen molar-refractivity contribution in [1.82, 2.24) is 0 Å². The van der Waals surface area contributed by atoms with E-state index in [4.69, 9.17) is 0 Å². The molecule has 6 aromatic carbocycles. The van der Waals surface area contributed by atoms with E-state index in [0.717, 1.165) is 12.3 Å². The van der Waals surface area contributed by atoms with Crippen LogP contribution in [0.25, 0.3) is 0 Å². The van der Waals surface area contributed by atoms with Gasteiger partial charge in [-0.1, -0.05) is 123 Å². The van der Waals surface area contributed by atoms with Gasteiger partial charge in [0.1, 0.15) is 46.4 Å². The molecule has 0 nitrogen and oxygen atoms in total. The summed E-state index contributed by atoms with van der Waals surface area (Å²) in [5, 5.41) is 8.79. The highest BCUT2D eigenvalue weighted by Gasteiger charge is 2.50. The van der Waals surface area contributed by atoms with Crippen molar-refractivity contribution in [2.45, 2.75) is 13.8 Å². The van der Waals surface area contributed by atoms with Crippen molar-refractivity contribution in [3.8, 4) is 0 Å². The summed E-state index contributed by atoms with van der Waals surface area (Å²) in [5.74, 6) is 0.971. The monoisotopic (exact) mass is 608 g/mol. The van der Waals surface area contributed by atoms with E-state index in [2.05, 4.69) is 196 Å². The van der Waals surface area contributed by atoms with Gasteiger partial charge < -0.3 is 0 Å². The second kappa shape index (κ2) is 13.9. The van der Waals surface area contributed by atoms with E-state index in [1.165, 1.54) is 31.8 Å². The first kappa shape index (κ1) is 30.2. The summed E-state index contributed by atoms with van der Waals surface area (Å²) in [6.45, 7) is 5.04. The van der Waals surface area contributed by atoms with Crippen molar-refractivity contribution in [3.63, 3.8) is 0 Å². The highest BCUT2D eigenvalue weighted by Crippen LogP contribution is 2.60. The van der Waals surface area contributed by atoms with Gasteiger partial charge in [-0.05, 0) is 84.6 Å². The van der Waals surface area contributed by atoms with Crippen LogP contribution in [0, 0.1) is 11.8 Å². The molecule has 0 amide bonds. The molecule has 0 aromatic heterocycles. The second-order valence-corrected chi connectivity index (χ2v) is 19.0. The Balaban J connectivity index is 1.48. The maximum atomic E-state index is 2.52. The van der Waals surface area contributed by atoms with Gasteiger partial charge in [0.05, 0.1) is 12.3 Å². The largest absolute Gasteiger partial charge is 0.112 e. The minimum atomic E-state index is -1.93. The van der Waals surface area contributed by atoms with Crippen molar-refractivity contribution in [2.24, 2.45) is 11.8 Å². The average molecular weight is 609 g/mol. The van der Waals surface area contributed by atoms with Gasteiger partial charge >= 0.3 is 0 Å². The zero-order valence-electron chi connectivity index (χ0n) is 25.8. The molecule has 6 aromatic rings. The van der Waals surface area contributed by atoms with Crippen LogP contribution >= 0.6 is 14.5 Å². The third-order valence-electron chi connectivity index (χ3n) is 9.28. The Hall–Kier alpha value is -3.82. The van der Waals surface area contributed by atoms with Gasteiger partial charge in [-0.3, -0.25) is 0 Å². The molecule has 0 bridgehead atoms. The van der Waals surface area contributed by atoms with Gasteiger partial charge in [-0.2, -0.15) is 0 Å². The minimum Gasteiger partial charge on any atom is -0.0620 e. The van der Waals surface area contributed by atoms with Gasteiger partial charge in [0.15, 0.2) is 0 Å². The molecule has 0 fully saturated rings. The Labute approximate surface area is 265 Å². The van der Waals surface area contributed by atoms with E-state index in [1.54, 1.807) is 0 Å². The molecule has 0 saturated heterocycles. The van der Waals surface area contributed by atoms with Gasteiger partial charge in [0.2, 0.25) is 0 Å². The fourth-order valence-electron chi connectivity index (χ4n) is 6.85. The average Bonchev–Trinajstić information content (AvgIpc) is 3.11. The molecule has 0 aliphatic carbocycles. The fraction of sp³-hybridized carbons (Fsp3) is 0.143. The first-order valence-electron chi connectivity index (χ1n) is 15.7. The third kappa shape index (κ3) is 5.95. The first-order chi connectivity index (χ1) is 21.6. The maximum absolute atomic E-state index is 2.52. The normalized spacial score (nSPS) is 13.2. The number of benzene rings is 6. The Kier molecular flexibility index (Phi) is 9.52. The van der Waals surface area contributed by atoms with Crippen LogP contribution in [0.15, 0.2) is 182 Å². The molecular formula is C42H42P2+2.